The number of carbonyl (C=O) groups excluding carboxylic acids is 1. The monoisotopic (exact) mass is 391 g/mol. The Hall–Kier alpha value is -3.15. The van der Waals surface area contributed by atoms with Crippen LogP contribution in [0.1, 0.15) is 37.1 Å². The molecule has 0 radical (unpaired) electrons. The van der Waals surface area contributed by atoms with Gasteiger partial charge in [0.2, 0.25) is 5.91 Å². The fraction of sp³-hybridized carbons (Fsp3) is 0.348. The molecule has 0 aliphatic heterocycles. The molecule has 1 fully saturated rings. The summed E-state index contributed by atoms with van der Waals surface area (Å²) in [5.41, 5.74) is 1.67. The summed E-state index contributed by atoms with van der Waals surface area (Å²) in [5.74, 6) is 1.61. The number of para-hydroxylation sites is 1. The summed E-state index contributed by atoms with van der Waals surface area (Å²) in [6.07, 6.45) is 3.82. The molecule has 1 N–H and O–H groups in total. The summed E-state index contributed by atoms with van der Waals surface area (Å²) in [4.78, 5) is 34.3. The molecule has 0 atom stereocenters. The molecule has 2 aromatic carbocycles. The number of methoxy groups -OCH3 is 1. The molecule has 0 unspecified atom stereocenters. The van der Waals surface area contributed by atoms with Gasteiger partial charge in [-0.3, -0.25) is 9.59 Å². The second-order valence-electron chi connectivity index (χ2n) is 7.48. The van der Waals surface area contributed by atoms with Crippen molar-refractivity contribution in [1.82, 2.24) is 14.9 Å². The van der Waals surface area contributed by atoms with Crippen LogP contribution in [-0.2, 0) is 17.8 Å². The van der Waals surface area contributed by atoms with Crippen LogP contribution >= 0.6 is 0 Å². The third kappa shape index (κ3) is 4.65. The lowest BCUT2D eigenvalue weighted by Crippen LogP contribution is -2.32. The van der Waals surface area contributed by atoms with Gasteiger partial charge in [0.15, 0.2) is 0 Å². The van der Waals surface area contributed by atoms with Crippen LogP contribution in [0.4, 0.5) is 0 Å². The number of aryl methyl sites for hydroxylation is 1. The van der Waals surface area contributed by atoms with E-state index in [4.69, 9.17) is 4.74 Å². The zero-order valence-corrected chi connectivity index (χ0v) is 16.6. The molecule has 1 aromatic heterocycles. The highest BCUT2D eigenvalue weighted by molar-refractivity contribution is 5.77. The number of ether oxygens (including phenoxy) is 1. The molecule has 6 nitrogen and oxygen atoms in total. The summed E-state index contributed by atoms with van der Waals surface area (Å²) in [6.45, 7) is 0.624. The van der Waals surface area contributed by atoms with E-state index in [1.54, 1.807) is 13.2 Å². The third-order valence-electron chi connectivity index (χ3n) is 5.29. The van der Waals surface area contributed by atoms with Gasteiger partial charge in [0, 0.05) is 25.4 Å². The normalized spacial score (nSPS) is 13.4. The summed E-state index contributed by atoms with van der Waals surface area (Å²) >= 11 is 0. The van der Waals surface area contributed by atoms with Crippen molar-refractivity contribution in [2.24, 2.45) is 0 Å². The van der Waals surface area contributed by atoms with Crippen molar-refractivity contribution in [2.75, 3.05) is 7.11 Å². The Morgan fingerprint density at radius 1 is 1.17 bits per heavy atom. The smallest absolute Gasteiger partial charge is 0.258 e. The number of rotatable bonds is 8. The highest BCUT2D eigenvalue weighted by atomic mass is 16.5. The van der Waals surface area contributed by atoms with Crippen LogP contribution in [0.5, 0.6) is 5.75 Å². The van der Waals surface area contributed by atoms with E-state index in [-0.39, 0.29) is 11.5 Å². The quantitative estimate of drug-likeness (QED) is 0.638. The van der Waals surface area contributed by atoms with Gasteiger partial charge < -0.3 is 14.6 Å². The molecule has 4 rings (SSSR count). The van der Waals surface area contributed by atoms with Crippen LogP contribution in [0.2, 0.25) is 0 Å². The zero-order valence-electron chi connectivity index (χ0n) is 16.6. The highest BCUT2D eigenvalue weighted by Gasteiger charge is 2.32. The summed E-state index contributed by atoms with van der Waals surface area (Å²) in [7, 11) is 1.65. The fourth-order valence-corrected chi connectivity index (χ4v) is 3.54. The minimum Gasteiger partial charge on any atom is -0.497 e. The predicted octanol–water partition coefficient (Wildman–Crippen LogP) is 3.45. The lowest BCUT2D eigenvalue weighted by Gasteiger charge is -2.23. The molecule has 0 spiro atoms. The molecular weight excluding hydrogens is 366 g/mol. The predicted molar refractivity (Wildman–Crippen MR) is 112 cm³/mol. The number of hydrogen-bond donors (Lipinski definition) is 1. The Morgan fingerprint density at radius 3 is 2.66 bits per heavy atom. The van der Waals surface area contributed by atoms with Gasteiger partial charge in [-0.1, -0.05) is 24.3 Å². The first-order chi connectivity index (χ1) is 14.1. The van der Waals surface area contributed by atoms with Gasteiger partial charge in [-0.15, -0.1) is 0 Å². The van der Waals surface area contributed by atoms with E-state index in [0.29, 0.717) is 48.6 Å². The number of benzene rings is 2. The molecule has 1 aliphatic rings. The maximum atomic E-state index is 12.8. The summed E-state index contributed by atoms with van der Waals surface area (Å²) in [6, 6.07) is 15.5. The maximum Gasteiger partial charge on any atom is 0.258 e. The van der Waals surface area contributed by atoms with Gasteiger partial charge in [-0.05, 0) is 49.1 Å². The minimum atomic E-state index is -0.129. The number of aromatic amines is 1. The minimum absolute atomic E-state index is 0.129. The molecular formula is C23H25N3O3. The van der Waals surface area contributed by atoms with Crippen molar-refractivity contribution >= 4 is 16.8 Å². The largest absolute Gasteiger partial charge is 0.497 e. The van der Waals surface area contributed by atoms with Gasteiger partial charge in [0.05, 0.1) is 18.0 Å². The molecule has 29 heavy (non-hydrogen) atoms. The van der Waals surface area contributed by atoms with Crippen molar-refractivity contribution < 1.29 is 9.53 Å². The van der Waals surface area contributed by atoms with Crippen molar-refractivity contribution in [3.63, 3.8) is 0 Å². The number of hydrogen-bond acceptors (Lipinski definition) is 4. The first-order valence-electron chi connectivity index (χ1n) is 10.0. The van der Waals surface area contributed by atoms with E-state index in [1.807, 2.05) is 47.4 Å². The molecule has 0 bridgehead atoms. The molecule has 1 amide bonds. The van der Waals surface area contributed by atoms with Crippen LogP contribution in [0, 0.1) is 0 Å². The van der Waals surface area contributed by atoms with E-state index >= 15 is 0 Å². The molecule has 150 valence electrons. The maximum absolute atomic E-state index is 12.8. The number of aromatic nitrogens is 2. The molecule has 1 heterocycles. The number of H-pyrrole nitrogens is 1. The van der Waals surface area contributed by atoms with Crippen LogP contribution < -0.4 is 10.3 Å². The number of nitrogens with zero attached hydrogens (tertiary/aromatic N) is 2. The van der Waals surface area contributed by atoms with E-state index < -0.39 is 0 Å². The molecule has 1 aliphatic carbocycles. The first kappa shape index (κ1) is 19.2. The van der Waals surface area contributed by atoms with Gasteiger partial charge in [0.1, 0.15) is 11.6 Å². The first-order valence-corrected chi connectivity index (χ1v) is 10.0. The van der Waals surface area contributed by atoms with Crippen molar-refractivity contribution in [1.29, 1.82) is 0 Å². The standard InChI is InChI=1S/C23H25N3O3/c1-29-18-13-9-16(10-14-18)15-26(17-11-12-17)22(27)8-4-7-21-24-20-6-3-2-5-19(20)23(28)25-21/h2-3,5-6,9-10,13-14,17H,4,7-8,11-12,15H2,1H3,(H,24,25,28). The fourth-order valence-electron chi connectivity index (χ4n) is 3.54. The molecule has 6 heteroatoms. The van der Waals surface area contributed by atoms with Gasteiger partial charge in [-0.2, -0.15) is 0 Å². The number of fused-ring (bicyclic) bond motifs is 1. The topological polar surface area (TPSA) is 75.3 Å². The number of amides is 1. The average Bonchev–Trinajstić information content (AvgIpc) is 3.57. The average molecular weight is 391 g/mol. The SMILES string of the molecule is COc1ccc(CN(C(=O)CCCc2nc3ccccc3c(=O)[nH]2)C2CC2)cc1. The Bertz CT molecular complexity index is 1050. The lowest BCUT2D eigenvalue weighted by atomic mass is 10.1. The van der Waals surface area contributed by atoms with Crippen LogP contribution in [0.15, 0.2) is 53.3 Å². The Morgan fingerprint density at radius 2 is 1.93 bits per heavy atom. The second kappa shape index (κ2) is 8.47. The van der Waals surface area contributed by atoms with Crippen molar-refractivity contribution in [2.45, 2.75) is 44.7 Å². The summed E-state index contributed by atoms with van der Waals surface area (Å²) < 4.78 is 5.20. The highest BCUT2D eigenvalue weighted by Crippen LogP contribution is 2.29. The van der Waals surface area contributed by atoms with Gasteiger partial charge in [0.25, 0.3) is 5.56 Å². The Labute approximate surface area is 169 Å². The lowest BCUT2D eigenvalue weighted by molar-refractivity contribution is -0.132. The Kier molecular flexibility index (Phi) is 5.60. The third-order valence-corrected chi connectivity index (χ3v) is 5.29. The summed E-state index contributed by atoms with van der Waals surface area (Å²) in [5, 5.41) is 0.590. The van der Waals surface area contributed by atoms with E-state index in [0.717, 1.165) is 24.2 Å². The second-order valence-corrected chi connectivity index (χ2v) is 7.48. The van der Waals surface area contributed by atoms with E-state index in [2.05, 4.69) is 9.97 Å². The van der Waals surface area contributed by atoms with Crippen molar-refractivity contribution in [3.05, 3.63) is 70.3 Å². The van der Waals surface area contributed by atoms with Gasteiger partial charge in [-0.25, -0.2) is 4.98 Å². The van der Waals surface area contributed by atoms with Crippen LogP contribution in [-0.4, -0.2) is 33.9 Å². The molecule has 0 saturated heterocycles. The molecule has 3 aromatic rings. The van der Waals surface area contributed by atoms with Crippen LogP contribution in [0.3, 0.4) is 0 Å². The van der Waals surface area contributed by atoms with E-state index in [1.165, 1.54) is 0 Å². The van der Waals surface area contributed by atoms with Crippen molar-refractivity contribution in [3.8, 4) is 5.75 Å². The molecule has 1 saturated carbocycles. The van der Waals surface area contributed by atoms with E-state index in [9.17, 15) is 9.59 Å². The zero-order chi connectivity index (χ0) is 20.2. The van der Waals surface area contributed by atoms with Gasteiger partial charge >= 0.3 is 0 Å². The number of carbonyl (C=O) groups is 1. The van der Waals surface area contributed by atoms with Crippen LogP contribution in [0.25, 0.3) is 10.9 Å². The number of nitrogens with one attached hydrogen (secondary N) is 1. The Balaban J connectivity index is 1.36.